The number of esters is 1. The number of carbonyl (C=O) groups excluding carboxylic acids is 1. The summed E-state index contributed by atoms with van der Waals surface area (Å²) >= 11 is 0. The van der Waals surface area contributed by atoms with Gasteiger partial charge in [0.2, 0.25) is 0 Å². The molecule has 0 unspecified atom stereocenters. The third kappa shape index (κ3) is 3.59. The van der Waals surface area contributed by atoms with Crippen molar-refractivity contribution in [1.29, 1.82) is 0 Å². The molecule has 0 aliphatic heterocycles. The molecule has 1 aromatic heterocycles. The van der Waals surface area contributed by atoms with E-state index in [0.29, 0.717) is 18.7 Å². The first kappa shape index (κ1) is 18.1. The molecular formula is C22H25NO3. The summed E-state index contributed by atoms with van der Waals surface area (Å²) in [5.41, 5.74) is 3.71. The largest absolute Gasteiger partial charge is 0.491 e. The van der Waals surface area contributed by atoms with Gasteiger partial charge in [0.15, 0.2) is 0 Å². The minimum absolute atomic E-state index is 0.0750. The summed E-state index contributed by atoms with van der Waals surface area (Å²) in [4.78, 5) is 12.6. The molecule has 0 saturated heterocycles. The normalized spacial score (nSPS) is 11.1. The molecule has 3 rings (SSSR count). The molecular weight excluding hydrogens is 326 g/mol. The lowest BCUT2D eigenvalue weighted by Crippen LogP contribution is -2.08. The Balaban J connectivity index is 2.15. The van der Waals surface area contributed by atoms with E-state index in [9.17, 15) is 4.79 Å². The van der Waals surface area contributed by atoms with Crippen molar-refractivity contribution < 1.29 is 14.3 Å². The van der Waals surface area contributed by atoms with Gasteiger partial charge < -0.3 is 14.0 Å². The van der Waals surface area contributed by atoms with Crippen LogP contribution in [0.25, 0.3) is 10.9 Å². The molecule has 0 saturated carbocycles. The maximum atomic E-state index is 12.6. The van der Waals surface area contributed by atoms with Gasteiger partial charge in [0.25, 0.3) is 0 Å². The predicted octanol–water partition coefficient (Wildman–Crippen LogP) is 4.96. The van der Waals surface area contributed by atoms with E-state index in [1.807, 2.05) is 64.1 Å². The van der Waals surface area contributed by atoms with Gasteiger partial charge in [-0.2, -0.15) is 0 Å². The van der Waals surface area contributed by atoms with Crippen LogP contribution < -0.4 is 4.74 Å². The van der Waals surface area contributed by atoms with Gasteiger partial charge in [0.1, 0.15) is 5.75 Å². The van der Waals surface area contributed by atoms with Crippen molar-refractivity contribution in [2.75, 3.05) is 6.61 Å². The summed E-state index contributed by atoms with van der Waals surface area (Å²) in [6.07, 6.45) is 0.0750. The van der Waals surface area contributed by atoms with Crippen LogP contribution in [0, 0.1) is 6.92 Å². The molecule has 1 heterocycles. The third-order valence-electron chi connectivity index (χ3n) is 4.33. The Bertz CT molecular complexity index is 910. The molecule has 0 N–H and O–H groups in total. The van der Waals surface area contributed by atoms with Crippen molar-refractivity contribution in [2.24, 2.45) is 0 Å². The maximum Gasteiger partial charge on any atom is 0.340 e. The molecule has 2 aromatic carbocycles. The van der Waals surface area contributed by atoms with Crippen molar-refractivity contribution >= 4 is 16.9 Å². The zero-order valence-electron chi connectivity index (χ0n) is 15.8. The van der Waals surface area contributed by atoms with Gasteiger partial charge >= 0.3 is 5.97 Å². The molecule has 0 bridgehead atoms. The summed E-state index contributed by atoms with van der Waals surface area (Å²) in [5, 5.41) is 0.870. The summed E-state index contributed by atoms with van der Waals surface area (Å²) in [6, 6.07) is 16.1. The topological polar surface area (TPSA) is 40.5 Å². The van der Waals surface area contributed by atoms with E-state index in [-0.39, 0.29) is 12.1 Å². The lowest BCUT2D eigenvalue weighted by Gasteiger charge is -2.11. The number of rotatable bonds is 6. The fourth-order valence-corrected chi connectivity index (χ4v) is 3.24. The van der Waals surface area contributed by atoms with Gasteiger partial charge in [-0.3, -0.25) is 0 Å². The van der Waals surface area contributed by atoms with Crippen LogP contribution in [0.2, 0.25) is 0 Å². The number of hydrogen-bond acceptors (Lipinski definition) is 3. The van der Waals surface area contributed by atoms with E-state index in [0.717, 1.165) is 22.3 Å². The molecule has 0 atom stereocenters. The van der Waals surface area contributed by atoms with Crippen molar-refractivity contribution in [3.05, 3.63) is 65.4 Å². The van der Waals surface area contributed by atoms with Crippen LogP contribution in [-0.2, 0) is 11.3 Å². The van der Waals surface area contributed by atoms with Crippen LogP contribution in [0.5, 0.6) is 5.75 Å². The first-order chi connectivity index (χ1) is 12.5. The quantitative estimate of drug-likeness (QED) is 0.589. The van der Waals surface area contributed by atoms with Crippen molar-refractivity contribution in [1.82, 2.24) is 4.57 Å². The van der Waals surface area contributed by atoms with Crippen LogP contribution in [-0.4, -0.2) is 23.2 Å². The Morgan fingerprint density at radius 1 is 1.12 bits per heavy atom. The average Bonchev–Trinajstić information content (AvgIpc) is 2.87. The highest BCUT2D eigenvalue weighted by molar-refractivity contribution is 6.06. The highest BCUT2D eigenvalue weighted by Crippen LogP contribution is 2.31. The summed E-state index contributed by atoms with van der Waals surface area (Å²) in [6.45, 7) is 8.82. The van der Waals surface area contributed by atoms with E-state index in [2.05, 4.69) is 16.7 Å². The molecule has 0 radical (unpaired) electrons. The van der Waals surface area contributed by atoms with Gasteiger partial charge in [-0.15, -0.1) is 0 Å². The van der Waals surface area contributed by atoms with E-state index >= 15 is 0 Å². The Morgan fingerprint density at radius 3 is 2.50 bits per heavy atom. The number of ether oxygens (including phenoxy) is 2. The Morgan fingerprint density at radius 2 is 1.85 bits per heavy atom. The number of fused-ring (bicyclic) bond motifs is 1. The fourth-order valence-electron chi connectivity index (χ4n) is 3.24. The third-order valence-corrected chi connectivity index (χ3v) is 4.33. The lowest BCUT2D eigenvalue weighted by atomic mass is 10.1. The lowest BCUT2D eigenvalue weighted by molar-refractivity contribution is 0.0527. The zero-order valence-corrected chi connectivity index (χ0v) is 15.8. The van der Waals surface area contributed by atoms with Crippen LogP contribution >= 0.6 is 0 Å². The molecule has 3 aromatic rings. The highest BCUT2D eigenvalue weighted by atomic mass is 16.5. The van der Waals surface area contributed by atoms with Crippen LogP contribution in [0.1, 0.15) is 42.4 Å². The fraction of sp³-hybridized carbons (Fsp3) is 0.318. The number of hydrogen-bond donors (Lipinski definition) is 0. The smallest absolute Gasteiger partial charge is 0.340 e. The number of nitrogens with zero attached hydrogens (tertiary/aromatic N) is 1. The average molecular weight is 351 g/mol. The Labute approximate surface area is 154 Å². The van der Waals surface area contributed by atoms with Crippen LogP contribution in [0.15, 0.2) is 48.5 Å². The molecule has 4 heteroatoms. The molecule has 0 amide bonds. The van der Waals surface area contributed by atoms with Crippen molar-refractivity contribution in [2.45, 2.75) is 40.3 Å². The van der Waals surface area contributed by atoms with Crippen molar-refractivity contribution in [3.8, 4) is 5.75 Å². The molecule has 136 valence electrons. The van der Waals surface area contributed by atoms with E-state index < -0.39 is 0 Å². The number of aromatic nitrogens is 1. The second-order valence-corrected chi connectivity index (χ2v) is 6.60. The zero-order chi connectivity index (χ0) is 18.7. The van der Waals surface area contributed by atoms with Crippen LogP contribution in [0.4, 0.5) is 0 Å². The molecule has 26 heavy (non-hydrogen) atoms. The van der Waals surface area contributed by atoms with Crippen LogP contribution in [0.3, 0.4) is 0 Å². The van der Waals surface area contributed by atoms with Crippen molar-refractivity contribution in [3.63, 3.8) is 0 Å². The Hall–Kier alpha value is -2.75. The second-order valence-electron chi connectivity index (χ2n) is 6.60. The minimum atomic E-state index is -0.288. The van der Waals surface area contributed by atoms with Gasteiger partial charge in [-0.25, -0.2) is 4.79 Å². The SMILES string of the molecule is CCOC(=O)c1c(C)n(Cc2ccccc2)c2ccc(OC(C)C)cc12. The van der Waals surface area contributed by atoms with E-state index in [1.54, 1.807) is 0 Å². The van der Waals surface area contributed by atoms with Gasteiger partial charge in [-0.1, -0.05) is 30.3 Å². The Kier molecular flexibility index (Phi) is 5.31. The molecule has 0 aliphatic rings. The van der Waals surface area contributed by atoms with Gasteiger partial charge in [0, 0.05) is 23.1 Å². The van der Waals surface area contributed by atoms with E-state index in [1.165, 1.54) is 5.56 Å². The first-order valence-electron chi connectivity index (χ1n) is 9.01. The monoisotopic (exact) mass is 351 g/mol. The maximum absolute atomic E-state index is 12.6. The standard InChI is InChI=1S/C22H25NO3/c1-5-25-22(24)21-16(4)23(14-17-9-7-6-8-10-17)20-12-11-18(13-19(20)21)26-15(2)3/h6-13,15H,5,14H2,1-4H3. The number of carbonyl (C=O) groups is 1. The number of benzene rings is 2. The minimum Gasteiger partial charge on any atom is -0.491 e. The van der Waals surface area contributed by atoms with Gasteiger partial charge in [-0.05, 0) is 51.5 Å². The molecule has 4 nitrogen and oxygen atoms in total. The predicted molar refractivity (Wildman–Crippen MR) is 104 cm³/mol. The summed E-state index contributed by atoms with van der Waals surface area (Å²) in [7, 11) is 0. The highest BCUT2D eigenvalue weighted by Gasteiger charge is 2.21. The van der Waals surface area contributed by atoms with Gasteiger partial charge in [0.05, 0.1) is 18.3 Å². The summed E-state index contributed by atoms with van der Waals surface area (Å²) in [5.74, 6) is 0.471. The van der Waals surface area contributed by atoms with E-state index in [4.69, 9.17) is 9.47 Å². The molecule has 0 fully saturated rings. The first-order valence-corrected chi connectivity index (χ1v) is 9.01. The molecule has 0 aliphatic carbocycles. The molecule has 0 spiro atoms. The second kappa shape index (κ2) is 7.65. The summed E-state index contributed by atoms with van der Waals surface area (Å²) < 4.78 is 13.3.